The zero-order valence-electron chi connectivity index (χ0n) is 24.6. The standard InChI is InChI=1S/C34H38N2O5S/c1-5-20-34(21-19-24-9-7-6-8-10-24)22-29(37)30(32(38)41-34)31(33(2,3)4)26-13-15-27(16-14-26)36-42(39,40)28-17-11-25(23-35)12-18-28/h6-18,31,36-37H,5,19-22H2,1-4H3. The van der Waals surface area contributed by atoms with Crippen LogP contribution in [0.2, 0.25) is 0 Å². The molecule has 220 valence electrons. The number of anilines is 1. The normalized spacial score (nSPS) is 18.2. The number of hydrogen-bond acceptors (Lipinski definition) is 6. The van der Waals surface area contributed by atoms with Crippen LogP contribution in [-0.2, 0) is 26.0 Å². The van der Waals surface area contributed by atoms with Crippen molar-refractivity contribution >= 4 is 21.7 Å². The van der Waals surface area contributed by atoms with Gasteiger partial charge in [-0.1, -0.05) is 76.6 Å². The lowest BCUT2D eigenvalue weighted by Crippen LogP contribution is -2.43. The number of hydrogen-bond donors (Lipinski definition) is 2. The summed E-state index contributed by atoms with van der Waals surface area (Å²) in [7, 11) is -3.86. The fraction of sp³-hybridized carbons (Fsp3) is 0.353. The molecule has 42 heavy (non-hydrogen) atoms. The van der Waals surface area contributed by atoms with Crippen molar-refractivity contribution in [1.82, 2.24) is 0 Å². The third-order valence-electron chi connectivity index (χ3n) is 7.69. The molecule has 0 aromatic heterocycles. The highest BCUT2D eigenvalue weighted by molar-refractivity contribution is 7.92. The number of benzene rings is 3. The summed E-state index contributed by atoms with van der Waals surface area (Å²) in [5.74, 6) is -0.938. The first-order valence-electron chi connectivity index (χ1n) is 14.2. The van der Waals surface area contributed by atoms with Crippen LogP contribution in [0, 0.1) is 16.7 Å². The average Bonchev–Trinajstić information content (AvgIpc) is 2.94. The van der Waals surface area contributed by atoms with Gasteiger partial charge >= 0.3 is 5.97 Å². The number of nitrogens with zero attached hydrogens (tertiary/aromatic N) is 1. The fourth-order valence-corrected chi connectivity index (χ4v) is 6.79. The molecule has 2 atom stereocenters. The van der Waals surface area contributed by atoms with Crippen molar-refractivity contribution in [1.29, 1.82) is 5.26 Å². The van der Waals surface area contributed by atoms with E-state index in [0.717, 1.165) is 24.0 Å². The molecule has 8 heteroatoms. The SMILES string of the molecule is CCCC1(CCc2ccccc2)CC(O)=C(C(c2ccc(NS(=O)(=O)c3ccc(C#N)cc3)cc2)C(C)(C)C)C(=O)O1. The number of esters is 1. The van der Waals surface area contributed by atoms with Crippen molar-refractivity contribution < 1.29 is 23.1 Å². The summed E-state index contributed by atoms with van der Waals surface area (Å²) in [5, 5.41) is 20.4. The van der Waals surface area contributed by atoms with Crippen molar-refractivity contribution in [2.45, 2.75) is 76.2 Å². The first-order valence-corrected chi connectivity index (χ1v) is 15.7. The second-order valence-corrected chi connectivity index (χ2v) is 13.7. The van der Waals surface area contributed by atoms with E-state index in [9.17, 15) is 18.3 Å². The molecule has 1 aliphatic rings. The number of aliphatic hydroxyl groups excluding tert-OH is 1. The minimum absolute atomic E-state index is 0.0426. The Labute approximate surface area is 248 Å². The molecule has 0 amide bonds. The van der Waals surface area contributed by atoms with E-state index in [0.29, 0.717) is 24.1 Å². The molecule has 1 heterocycles. The van der Waals surface area contributed by atoms with E-state index in [1.54, 1.807) is 24.3 Å². The van der Waals surface area contributed by atoms with Crippen LogP contribution < -0.4 is 4.72 Å². The van der Waals surface area contributed by atoms with Crippen LogP contribution in [0.15, 0.2) is 95.1 Å². The number of aliphatic hydroxyl groups is 1. The van der Waals surface area contributed by atoms with Crippen LogP contribution in [0.3, 0.4) is 0 Å². The van der Waals surface area contributed by atoms with Crippen LogP contribution in [0.25, 0.3) is 0 Å². The molecular formula is C34H38N2O5S. The van der Waals surface area contributed by atoms with Gasteiger partial charge in [-0.05, 0) is 72.2 Å². The van der Waals surface area contributed by atoms with Gasteiger partial charge in [-0.25, -0.2) is 13.2 Å². The molecule has 0 fully saturated rings. The maximum atomic E-state index is 13.7. The van der Waals surface area contributed by atoms with Crippen molar-refractivity contribution in [2.24, 2.45) is 5.41 Å². The van der Waals surface area contributed by atoms with Gasteiger partial charge in [0.25, 0.3) is 10.0 Å². The molecular weight excluding hydrogens is 548 g/mol. The number of carbonyl (C=O) groups is 1. The predicted molar refractivity (Wildman–Crippen MR) is 163 cm³/mol. The highest BCUT2D eigenvalue weighted by atomic mass is 32.2. The molecule has 3 aromatic rings. The molecule has 0 aliphatic carbocycles. The number of rotatable bonds is 10. The third kappa shape index (κ3) is 7.03. The number of ether oxygens (including phenoxy) is 1. The lowest BCUT2D eigenvalue weighted by Gasteiger charge is -2.41. The van der Waals surface area contributed by atoms with E-state index in [1.165, 1.54) is 24.3 Å². The van der Waals surface area contributed by atoms with Crippen LogP contribution in [0.1, 0.15) is 76.0 Å². The van der Waals surface area contributed by atoms with E-state index in [4.69, 9.17) is 10.00 Å². The van der Waals surface area contributed by atoms with E-state index >= 15 is 0 Å². The van der Waals surface area contributed by atoms with E-state index < -0.39 is 32.9 Å². The summed E-state index contributed by atoms with van der Waals surface area (Å²) >= 11 is 0. The van der Waals surface area contributed by atoms with Crippen LogP contribution >= 0.6 is 0 Å². The smallest absolute Gasteiger partial charge is 0.338 e. The highest BCUT2D eigenvalue weighted by Gasteiger charge is 2.45. The molecule has 0 radical (unpaired) electrons. The predicted octanol–water partition coefficient (Wildman–Crippen LogP) is 7.42. The van der Waals surface area contributed by atoms with Gasteiger partial charge in [0.2, 0.25) is 0 Å². The Balaban J connectivity index is 1.60. The Morgan fingerprint density at radius 3 is 2.19 bits per heavy atom. The quantitative estimate of drug-likeness (QED) is 0.239. The third-order valence-corrected chi connectivity index (χ3v) is 9.09. The molecule has 3 aromatic carbocycles. The summed E-state index contributed by atoms with van der Waals surface area (Å²) in [4.78, 5) is 13.7. The van der Waals surface area contributed by atoms with Crippen molar-refractivity contribution in [3.05, 3.63) is 107 Å². The van der Waals surface area contributed by atoms with Crippen molar-refractivity contribution in [3.63, 3.8) is 0 Å². The number of nitrogens with one attached hydrogen (secondary N) is 1. The first-order chi connectivity index (χ1) is 19.9. The highest BCUT2D eigenvalue weighted by Crippen LogP contribution is 2.47. The lowest BCUT2D eigenvalue weighted by molar-refractivity contribution is -0.161. The Morgan fingerprint density at radius 1 is 1.00 bits per heavy atom. The maximum absolute atomic E-state index is 13.7. The van der Waals surface area contributed by atoms with E-state index in [1.807, 2.05) is 52.0 Å². The largest absolute Gasteiger partial charge is 0.512 e. The molecule has 4 rings (SSSR count). The zero-order valence-corrected chi connectivity index (χ0v) is 25.4. The number of cyclic esters (lactones) is 1. The molecule has 1 aliphatic heterocycles. The van der Waals surface area contributed by atoms with Crippen LogP contribution in [-0.4, -0.2) is 25.1 Å². The molecule has 0 bridgehead atoms. The second kappa shape index (κ2) is 12.4. The minimum Gasteiger partial charge on any atom is -0.512 e. The zero-order chi connectivity index (χ0) is 30.5. The summed E-state index contributed by atoms with van der Waals surface area (Å²) in [6.07, 6.45) is 3.07. The minimum atomic E-state index is -3.86. The Kier molecular flexibility index (Phi) is 9.12. The second-order valence-electron chi connectivity index (χ2n) is 12.0. The molecule has 2 N–H and O–H groups in total. The number of nitriles is 1. The summed E-state index contributed by atoms with van der Waals surface area (Å²) in [6.45, 7) is 8.03. The monoisotopic (exact) mass is 586 g/mol. The Morgan fingerprint density at radius 2 is 1.64 bits per heavy atom. The number of sulfonamides is 1. The number of aryl methyl sites for hydroxylation is 1. The van der Waals surface area contributed by atoms with Gasteiger partial charge < -0.3 is 9.84 Å². The van der Waals surface area contributed by atoms with E-state index in [-0.39, 0.29) is 22.6 Å². The summed E-state index contributed by atoms with van der Waals surface area (Å²) < 4.78 is 34.5. The summed E-state index contributed by atoms with van der Waals surface area (Å²) in [6, 6.07) is 24.5. The van der Waals surface area contributed by atoms with Crippen molar-refractivity contribution in [2.75, 3.05) is 4.72 Å². The number of carbonyl (C=O) groups excluding carboxylic acids is 1. The summed E-state index contributed by atoms with van der Waals surface area (Å²) in [5.41, 5.74) is 1.65. The molecule has 0 saturated heterocycles. The lowest BCUT2D eigenvalue weighted by atomic mass is 9.70. The fourth-order valence-electron chi connectivity index (χ4n) is 5.73. The van der Waals surface area contributed by atoms with Gasteiger partial charge in [-0.3, -0.25) is 4.72 Å². The van der Waals surface area contributed by atoms with Gasteiger partial charge in [-0.15, -0.1) is 0 Å². The van der Waals surface area contributed by atoms with Gasteiger partial charge in [0.05, 0.1) is 22.1 Å². The maximum Gasteiger partial charge on any atom is 0.338 e. The van der Waals surface area contributed by atoms with Gasteiger partial charge in [0, 0.05) is 18.0 Å². The molecule has 0 spiro atoms. The van der Waals surface area contributed by atoms with Crippen LogP contribution in [0.4, 0.5) is 5.69 Å². The van der Waals surface area contributed by atoms with Gasteiger partial charge in [0.1, 0.15) is 11.4 Å². The van der Waals surface area contributed by atoms with Crippen molar-refractivity contribution in [3.8, 4) is 6.07 Å². The first kappa shape index (κ1) is 30.9. The molecule has 0 saturated carbocycles. The van der Waals surface area contributed by atoms with Gasteiger partial charge in [-0.2, -0.15) is 5.26 Å². The molecule has 7 nitrogen and oxygen atoms in total. The van der Waals surface area contributed by atoms with E-state index in [2.05, 4.69) is 16.9 Å². The average molecular weight is 587 g/mol. The van der Waals surface area contributed by atoms with Crippen LogP contribution in [0.5, 0.6) is 0 Å². The topological polar surface area (TPSA) is 116 Å². The Bertz CT molecular complexity index is 1580. The Hall–Kier alpha value is -4.09. The molecule has 2 unspecified atom stereocenters. The van der Waals surface area contributed by atoms with Gasteiger partial charge in [0.15, 0.2) is 0 Å².